The van der Waals surface area contributed by atoms with Crippen molar-refractivity contribution in [2.75, 3.05) is 23.9 Å². The summed E-state index contributed by atoms with van der Waals surface area (Å²) < 4.78 is 59.0. The fourth-order valence-corrected chi connectivity index (χ4v) is 6.10. The van der Waals surface area contributed by atoms with Crippen LogP contribution in [0.25, 0.3) is 22.3 Å². The summed E-state index contributed by atoms with van der Waals surface area (Å²) in [7, 11) is -1.66. The van der Waals surface area contributed by atoms with Crippen molar-refractivity contribution in [2.45, 2.75) is 19.4 Å². The first-order chi connectivity index (χ1) is 17.1. The molecule has 0 spiro atoms. The predicted octanol–water partition coefficient (Wildman–Crippen LogP) is 4.31. The SMILES string of the molecule is COc1ccc(-c2cc(C(=O)Nc3cc(F)ccc3F)c3c(C)nn(C4CCS(=O)(=O)C4)c3n2)cc1. The molecule has 186 valence electrons. The molecule has 0 bridgehead atoms. The maximum atomic E-state index is 14.3. The van der Waals surface area contributed by atoms with Gasteiger partial charge >= 0.3 is 0 Å². The molecule has 11 heteroatoms. The third kappa shape index (κ3) is 4.41. The Morgan fingerprint density at radius 1 is 1.14 bits per heavy atom. The Kier molecular flexibility index (Phi) is 5.95. The highest BCUT2D eigenvalue weighted by molar-refractivity contribution is 7.91. The largest absolute Gasteiger partial charge is 0.497 e. The van der Waals surface area contributed by atoms with E-state index in [1.807, 2.05) is 0 Å². The van der Waals surface area contributed by atoms with E-state index in [-0.39, 0.29) is 22.8 Å². The zero-order valence-electron chi connectivity index (χ0n) is 19.5. The number of methoxy groups -OCH3 is 1. The van der Waals surface area contributed by atoms with Crippen LogP contribution in [0.15, 0.2) is 48.5 Å². The molecule has 1 atom stereocenters. The predicted molar refractivity (Wildman–Crippen MR) is 131 cm³/mol. The van der Waals surface area contributed by atoms with Gasteiger partial charge in [0.25, 0.3) is 5.91 Å². The van der Waals surface area contributed by atoms with Crippen molar-refractivity contribution in [3.63, 3.8) is 0 Å². The molecule has 5 rings (SSSR count). The summed E-state index contributed by atoms with van der Waals surface area (Å²) in [5, 5.41) is 7.39. The first-order valence-corrected chi connectivity index (χ1v) is 13.0. The van der Waals surface area contributed by atoms with E-state index in [9.17, 15) is 22.0 Å². The van der Waals surface area contributed by atoms with Gasteiger partial charge in [-0.25, -0.2) is 26.9 Å². The lowest BCUT2D eigenvalue weighted by molar-refractivity contribution is 0.102. The van der Waals surface area contributed by atoms with Gasteiger partial charge < -0.3 is 10.1 Å². The van der Waals surface area contributed by atoms with Gasteiger partial charge in [-0.15, -0.1) is 0 Å². The monoisotopic (exact) mass is 512 g/mol. The maximum absolute atomic E-state index is 14.3. The number of ether oxygens (including phenoxy) is 1. The van der Waals surface area contributed by atoms with Crippen LogP contribution in [0.2, 0.25) is 0 Å². The molecule has 1 aliphatic rings. The Hall–Kier alpha value is -3.86. The van der Waals surface area contributed by atoms with Gasteiger partial charge in [-0.1, -0.05) is 0 Å². The molecule has 3 heterocycles. The number of rotatable bonds is 5. The Bertz CT molecular complexity index is 1600. The van der Waals surface area contributed by atoms with E-state index in [0.29, 0.717) is 40.2 Å². The quantitative estimate of drug-likeness (QED) is 0.428. The summed E-state index contributed by atoms with van der Waals surface area (Å²) in [5.41, 5.74) is 1.76. The normalized spacial score (nSPS) is 16.8. The van der Waals surface area contributed by atoms with Crippen LogP contribution in [0.3, 0.4) is 0 Å². The molecule has 36 heavy (non-hydrogen) atoms. The first-order valence-electron chi connectivity index (χ1n) is 11.2. The van der Waals surface area contributed by atoms with Crippen LogP contribution in [0.4, 0.5) is 14.5 Å². The second kappa shape index (κ2) is 8.98. The Labute approximate surface area is 205 Å². The summed E-state index contributed by atoms with van der Waals surface area (Å²) in [6.07, 6.45) is 0.378. The molecule has 2 aromatic carbocycles. The third-order valence-corrected chi connectivity index (χ3v) is 7.95. The van der Waals surface area contributed by atoms with Crippen LogP contribution >= 0.6 is 0 Å². The van der Waals surface area contributed by atoms with Crippen LogP contribution in [0.5, 0.6) is 5.75 Å². The third-order valence-electron chi connectivity index (χ3n) is 6.20. The number of anilines is 1. The minimum Gasteiger partial charge on any atom is -0.497 e. The van der Waals surface area contributed by atoms with Gasteiger partial charge in [-0.05, 0) is 55.8 Å². The Balaban J connectivity index is 1.68. The Morgan fingerprint density at radius 2 is 1.89 bits per heavy atom. The zero-order valence-corrected chi connectivity index (χ0v) is 20.3. The van der Waals surface area contributed by atoms with E-state index in [1.54, 1.807) is 49.0 Å². The van der Waals surface area contributed by atoms with Gasteiger partial charge in [-0.2, -0.15) is 5.10 Å². The summed E-state index contributed by atoms with van der Waals surface area (Å²) in [6, 6.07) is 11.0. The van der Waals surface area contributed by atoms with Crippen molar-refractivity contribution in [1.29, 1.82) is 0 Å². The second-order valence-corrected chi connectivity index (χ2v) is 10.9. The molecule has 0 aliphatic carbocycles. The van der Waals surface area contributed by atoms with Crippen LogP contribution in [0.1, 0.15) is 28.5 Å². The number of sulfone groups is 1. The number of pyridine rings is 1. The number of aryl methyl sites for hydroxylation is 1. The molecule has 8 nitrogen and oxygen atoms in total. The highest BCUT2D eigenvalue weighted by Crippen LogP contribution is 2.33. The molecule has 0 radical (unpaired) electrons. The molecular weight excluding hydrogens is 490 g/mol. The van der Waals surface area contributed by atoms with E-state index >= 15 is 0 Å². The zero-order chi connectivity index (χ0) is 25.6. The molecule has 2 aromatic heterocycles. The number of fused-ring (bicyclic) bond motifs is 1. The lowest BCUT2D eigenvalue weighted by Crippen LogP contribution is -2.15. The number of amides is 1. The first kappa shape index (κ1) is 23.9. The number of aromatic nitrogens is 3. The van der Waals surface area contributed by atoms with Gasteiger partial charge in [0.1, 0.15) is 17.4 Å². The maximum Gasteiger partial charge on any atom is 0.256 e. The lowest BCUT2D eigenvalue weighted by atomic mass is 10.0. The molecule has 1 unspecified atom stereocenters. The van der Waals surface area contributed by atoms with E-state index in [1.165, 1.54) is 0 Å². The van der Waals surface area contributed by atoms with Crippen molar-refractivity contribution in [2.24, 2.45) is 0 Å². The Morgan fingerprint density at radius 3 is 2.56 bits per heavy atom. The average Bonchev–Trinajstić information content (AvgIpc) is 3.39. The van der Waals surface area contributed by atoms with Gasteiger partial charge in [0.15, 0.2) is 15.5 Å². The van der Waals surface area contributed by atoms with Crippen LogP contribution in [-0.4, -0.2) is 47.7 Å². The number of halogens is 2. The standard InChI is InChI=1S/C25H22F2N4O4S/c1-14-23-19(25(32)29-22-11-16(26)5-8-20(22)27)12-21(15-3-6-18(35-2)7-4-15)28-24(23)31(30-14)17-9-10-36(33,34)13-17/h3-8,11-12,17H,9-10,13H2,1-2H3,(H,29,32). The van der Waals surface area contributed by atoms with Crippen LogP contribution < -0.4 is 10.1 Å². The molecule has 0 saturated carbocycles. The number of hydrogen-bond acceptors (Lipinski definition) is 6. The van der Waals surface area contributed by atoms with Gasteiger partial charge in [0.05, 0.1) is 52.7 Å². The van der Waals surface area contributed by atoms with Crippen molar-refractivity contribution >= 4 is 32.5 Å². The van der Waals surface area contributed by atoms with E-state index < -0.39 is 33.4 Å². The number of carbonyl (C=O) groups excluding carboxylic acids is 1. The highest BCUT2D eigenvalue weighted by Gasteiger charge is 2.32. The van der Waals surface area contributed by atoms with Crippen molar-refractivity contribution in [1.82, 2.24) is 14.8 Å². The number of nitrogens with one attached hydrogen (secondary N) is 1. The molecule has 1 aliphatic heterocycles. The van der Waals surface area contributed by atoms with Gasteiger partial charge in [0, 0.05) is 11.6 Å². The van der Waals surface area contributed by atoms with E-state index in [2.05, 4.69) is 10.4 Å². The number of carbonyl (C=O) groups is 1. The molecule has 1 amide bonds. The fraction of sp³-hybridized carbons (Fsp3) is 0.240. The fourth-order valence-electron chi connectivity index (χ4n) is 4.41. The average molecular weight is 513 g/mol. The molecular formula is C25H22F2N4O4S. The molecule has 1 N–H and O–H groups in total. The minimum absolute atomic E-state index is 0.0441. The number of benzene rings is 2. The van der Waals surface area contributed by atoms with E-state index in [0.717, 1.165) is 18.2 Å². The highest BCUT2D eigenvalue weighted by atomic mass is 32.2. The van der Waals surface area contributed by atoms with Gasteiger partial charge in [-0.3, -0.25) is 4.79 Å². The van der Waals surface area contributed by atoms with Crippen LogP contribution in [-0.2, 0) is 9.84 Å². The van der Waals surface area contributed by atoms with Crippen molar-refractivity contribution in [3.8, 4) is 17.0 Å². The molecule has 1 fully saturated rings. The second-order valence-electron chi connectivity index (χ2n) is 8.65. The van der Waals surface area contributed by atoms with Crippen molar-refractivity contribution in [3.05, 3.63) is 71.4 Å². The topological polar surface area (TPSA) is 103 Å². The number of nitrogens with zero attached hydrogens (tertiary/aromatic N) is 3. The van der Waals surface area contributed by atoms with Crippen LogP contribution in [0, 0.1) is 18.6 Å². The summed E-state index contributed by atoms with van der Waals surface area (Å²) in [4.78, 5) is 18.1. The summed E-state index contributed by atoms with van der Waals surface area (Å²) >= 11 is 0. The van der Waals surface area contributed by atoms with E-state index in [4.69, 9.17) is 9.72 Å². The number of hydrogen-bond donors (Lipinski definition) is 1. The lowest BCUT2D eigenvalue weighted by Gasteiger charge is -2.13. The van der Waals surface area contributed by atoms with Crippen molar-refractivity contribution < 1.29 is 26.7 Å². The molecule has 1 saturated heterocycles. The minimum atomic E-state index is -3.21. The summed E-state index contributed by atoms with van der Waals surface area (Å²) in [5.74, 6) is -1.55. The smallest absolute Gasteiger partial charge is 0.256 e. The molecule has 4 aromatic rings. The summed E-state index contributed by atoms with van der Waals surface area (Å²) in [6.45, 7) is 1.69. The van der Waals surface area contributed by atoms with Gasteiger partial charge in [0.2, 0.25) is 0 Å².